The molecule has 1 saturated carbocycles. The van der Waals surface area contributed by atoms with Crippen molar-refractivity contribution in [2.45, 2.75) is 39.5 Å². The van der Waals surface area contributed by atoms with Crippen LogP contribution < -0.4 is 10.7 Å². The summed E-state index contributed by atoms with van der Waals surface area (Å²) in [5, 5.41) is 7.74. The van der Waals surface area contributed by atoms with Crippen molar-refractivity contribution < 1.29 is 4.42 Å². The normalized spacial score (nSPS) is 21.4. The smallest absolute Gasteiger partial charge is 0.186 e. The Kier molecular flexibility index (Phi) is 5.17. The van der Waals surface area contributed by atoms with Crippen LogP contribution in [0.5, 0.6) is 0 Å². The van der Waals surface area contributed by atoms with Crippen LogP contribution in [0.3, 0.4) is 0 Å². The molecule has 1 heterocycles. The molecule has 0 radical (unpaired) electrons. The maximum absolute atomic E-state index is 5.72. The van der Waals surface area contributed by atoms with Crippen LogP contribution >= 0.6 is 12.2 Å². The molecule has 1 aliphatic rings. The number of thiocarbonyl (C=S) groups is 1. The fourth-order valence-electron chi connectivity index (χ4n) is 2.02. The highest BCUT2D eigenvalue weighted by Crippen LogP contribution is 2.47. The molecule has 2 N–H and O–H groups in total. The van der Waals surface area contributed by atoms with Gasteiger partial charge in [0.05, 0.1) is 6.21 Å². The molecule has 1 aromatic rings. The van der Waals surface area contributed by atoms with Crippen molar-refractivity contribution in [3.63, 3.8) is 0 Å². The van der Waals surface area contributed by atoms with E-state index in [1.165, 1.54) is 6.42 Å². The van der Waals surface area contributed by atoms with Gasteiger partial charge in [-0.2, -0.15) is 5.10 Å². The van der Waals surface area contributed by atoms with E-state index in [0.717, 1.165) is 30.4 Å². The van der Waals surface area contributed by atoms with Crippen LogP contribution in [0.2, 0.25) is 0 Å². The number of hydrogen-bond donors (Lipinski definition) is 2. The van der Waals surface area contributed by atoms with Gasteiger partial charge in [0.15, 0.2) is 5.11 Å². The SMILES string of the molecule is CC(C)CCNC(=S)N/N=C\c1ccc([C@H]2C[C@H]2C)o1. The van der Waals surface area contributed by atoms with E-state index in [-0.39, 0.29) is 0 Å². The van der Waals surface area contributed by atoms with E-state index < -0.39 is 0 Å². The fourth-order valence-corrected chi connectivity index (χ4v) is 2.18. The Morgan fingerprint density at radius 1 is 1.55 bits per heavy atom. The van der Waals surface area contributed by atoms with Crippen molar-refractivity contribution in [1.82, 2.24) is 10.7 Å². The lowest BCUT2D eigenvalue weighted by Gasteiger charge is -2.08. The van der Waals surface area contributed by atoms with E-state index in [2.05, 4.69) is 36.6 Å². The second-order valence-electron chi connectivity index (χ2n) is 5.87. The van der Waals surface area contributed by atoms with E-state index in [1.807, 2.05) is 12.1 Å². The Morgan fingerprint density at radius 3 is 2.95 bits per heavy atom. The second-order valence-corrected chi connectivity index (χ2v) is 6.28. The molecule has 0 aliphatic heterocycles. The number of rotatable bonds is 6. The molecule has 2 atom stereocenters. The topological polar surface area (TPSA) is 49.6 Å². The highest BCUT2D eigenvalue weighted by atomic mass is 32.1. The Bertz CT molecular complexity index is 481. The zero-order chi connectivity index (χ0) is 14.5. The van der Waals surface area contributed by atoms with E-state index in [1.54, 1.807) is 6.21 Å². The molecule has 1 fully saturated rings. The summed E-state index contributed by atoms with van der Waals surface area (Å²) in [5.41, 5.74) is 2.80. The number of furan rings is 1. The minimum absolute atomic E-state index is 0.546. The van der Waals surface area contributed by atoms with Gasteiger partial charge >= 0.3 is 0 Å². The number of hydrogen-bond acceptors (Lipinski definition) is 3. The van der Waals surface area contributed by atoms with Crippen LogP contribution in [-0.4, -0.2) is 17.9 Å². The summed E-state index contributed by atoms with van der Waals surface area (Å²) in [6, 6.07) is 3.98. The molecular formula is C15H23N3OS. The van der Waals surface area contributed by atoms with Crippen molar-refractivity contribution in [3.8, 4) is 0 Å². The van der Waals surface area contributed by atoms with E-state index >= 15 is 0 Å². The van der Waals surface area contributed by atoms with E-state index in [9.17, 15) is 0 Å². The molecule has 110 valence electrons. The van der Waals surface area contributed by atoms with Gasteiger partial charge in [0.1, 0.15) is 11.5 Å². The Balaban J connectivity index is 1.70. The molecule has 0 spiro atoms. The first-order chi connectivity index (χ1) is 9.56. The lowest BCUT2D eigenvalue weighted by atomic mass is 10.1. The molecule has 1 aromatic heterocycles. The summed E-state index contributed by atoms with van der Waals surface area (Å²) in [7, 11) is 0. The van der Waals surface area contributed by atoms with Gasteiger partial charge in [0.2, 0.25) is 0 Å². The molecule has 0 aromatic carbocycles. The number of nitrogens with one attached hydrogen (secondary N) is 2. The minimum atomic E-state index is 0.546. The van der Waals surface area contributed by atoms with Gasteiger partial charge in [-0.25, -0.2) is 0 Å². The minimum Gasteiger partial charge on any atom is -0.460 e. The van der Waals surface area contributed by atoms with Crippen LogP contribution in [0.4, 0.5) is 0 Å². The lowest BCUT2D eigenvalue weighted by Crippen LogP contribution is -2.33. The lowest BCUT2D eigenvalue weighted by molar-refractivity contribution is 0.500. The summed E-state index contributed by atoms with van der Waals surface area (Å²) >= 11 is 5.13. The average molecular weight is 293 g/mol. The first-order valence-corrected chi connectivity index (χ1v) is 7.63. The van der Waals surface area contributed by atoms with Crippen LogP contribution in [-0.2, 0) is 0 Å². The molecule has 5 heteroatoms. The van der Waals surface area contributed by atoms with Gasteiger partial charge in [-0.05, 0) is 49.0 Å². The Hall–Kier alpha value is -1.36. The van der Waals surface area contributed by atoms with Crippen molar-refractivity contribution >= 4 is 23.5 Å². The van der Waals surface area contributed by atoms with Crippen LogP contribution in [0.15, 0.2) is 21.7 Å². The van der Waals surface area contributed by atoms with Crippen molar-refractivity contribution in [3.05, 3.63) is 23.7 Å². The van der Waals surface area contributed by atoms with E-state index in [0.29, 0.717) is 16.9 Å². The van der Waals surface area contributed by atoms with Gasteiger partial charge < -0.3 is 9.73 Å². The number of hydrazone groups is 1. The monoisotopic (exact) mass is 293 g/mol. The first kappa shape index (κ1) is 15.0. The number of nitrogens with zero attached hydrogens (tertiary/aromatic N) is 1. The van der Waals surface area contributed by atoms with Crippen LogP contribution in [0.25, 0.3) is 0 Å². The maximum atomic E-state index is 5.72. The highest BCUT2D eigenvalue weighted by Gasteiger charge is 2.36. The van der Waals surface area contributed by atoms with Crippen molar-refractivity contribution in [2.24, 2.45) is 16.9 Å². The van der Waals surface area contributed by atoms with E-state index in [4.69, 9.17) is 16.6 Å². The standard InChI is InChI=1S/C15H23N3OS/c1-10(2)6-7-16-15(20)18-17-9-12-4-5-14(19-12)13-8-11(13)3/h4-5,9-11,13H,6-8H2,1-3H3,(H2,16,18,20)/b17-9-/t11-,13+/m1/s1. The van der Waals surface area contributed by atoms with Gasteiger partial charge in [0.25, 0.3) is 0 Å². The molecule has 20 heavy (non-hydrogen) atoms. The van der Waals surface area contributed by atoms with Gasteiger partial charge in [-0.1, -0.05) is 20.8 Å². The van der Waals surface area contributed by atoms with Crippen LogP contribution in [0.1, 0.15) is 51.1 Å². The largest absolute Gasteiger partial charge is 0.460 e. The van der Waals surface area contributed by atoms with Gasteiger partial charge in [-0.15, -0.1) is 0 Å². The maximum Gasteiger partial charge on any atom is 0.186 e. The van der Waals surface area contributed by atoms with Crippen molar-refractivity contribution in [1.29, 1.82) is 0 Å². The molecule has 4 nitrogen and oxygen atoms in total. The van der Waals surface area contributed by atoms with Crippen LogP contribution in [0, 0.1) is 11.8 Å². The third-order valence-electron chi connectivity index (χ3n) is 3.49. The molecular weight excluding hydrogens is 270 g/mol. The summed E-state index contributed by atoms with van der Waals surface area (Å²) < 4.78 is 5.72. The zero-order valence-electron chi connectivity index (χ0n) is 12.3. The third-order valence-corrected chi connectivity index (χ3v) is 3.72. The molecule has 0 amide bonds. The van der Waals surface area contributed by atoms with Gasteiger partial charge in [-0.3, -0.25) is 5.43 Å². The molecule has 1 aliphatic carbocycles. The Labute approximate surface area is 126 Å². The summed E-state index contributed by atoms with van der Waals surface area (Å²) in [5.74, 6) is 3.85. The zero-order valence-corrected chi connectivity index (χ0v) is 13.2. The predicted octanol–water partition coefficient (Wildman–Crippen LogP) is 3.25. The summed E-state index contributed by atoms with van der Waals surface area (Å²) in [6.07, 6.45) is 3.98. The highest BCUT2D eigenvalue weighted by molar-refractivity contribution is 7.80. The summed E-state index contributed by atoms with van der Waals surface area (Å²) in [6.45, 7) is 7.48. The Morgan fingerprint density at radius 2 is 2.30 bits per heavy atom. The predicted molar refractivity (Wildman–Crippen MR) is 86.0 cm³/mol. The van der Waals surface area contributed by atoms with Crippen molar-refractivity contribution in [2.75, 3.05) is 6.54 Å². The average Bonchev–Trinajstić information content (AvgIpc) is 2.93. The first-order valence-electron chi connectivity index (χ1n) is 7.23. The second kappa shape index (κ2) is 6.88. The third kappa shape index (κ3) is 4.63. The summed E-state index contributed by atoms with van der Waals surface area (Å²) in [4.78, 5) is 0. The fraction of sp³-hybridized carbons (Fsp3) is 0.600. The quantitative estimate of drug-likeness (QED) is 0.480. The molecule has 0 unspecified atom stereocenters. The molecule has 0 bridgehead atoms. The molecule has 0 saturated heterocycles. The molecule has 2 rings (SSSR count). The van der Waals surface area contributed by atoms with Gasteiger partial charge in [0, 0.05) is 12.5 Å².